The molecule has 2 N–H and O–H groups in total. The van der Waals surface area contributed by atoms with Crippen LogP contribution in [0.5, 0.6) is 0 Å². The molecule has 5 rings (SSSR count). The standard InChI is InChI=1S/C28H30F3N3O5/c1-14-6-8-19-21(33(14)28(38)39-2)10-11-22-23(19)32-26(34(22)17-5-3-4-15(12-17)27(36)37)24(35)20-13-16(29)7-9-18(20)25(30)31/h7,9-11,13-15,17,24-25,35H,3-6,8,12H2,1-2H3,(H,36,37)/t14-,15+,17+,24+/m0/s1. The van der Waals surface area contributed by atoms with Crippen LogP contribution < -0.4 is 4.90 Å². The third-order valence-electron chi connectivity index (χ3n) is 8.04. The van der Waals surface area contributed by atoms with Gasteiger partial charge in [-0.05, 0) is 68.9 Å². The number of aliphatic carboxylic acids is 1. The number of methoxy groups -OCH3 is 1. The highest BCUT2D eigenvalue weighted by molar-refractivity contribution is 5.95. The number of carbonyl (C=O) groups excluding carboxylic acids is 1. The van der Waals surface area contributed by atoms with Crippen LogP contribution in [0.3, 0.4) is 0 Å². The van der Waals surface area contributed by atoms with Gasteiger partial charge in [-0.15, -0.1) is 0 Å². The average molecular weight is 546 g/mol. The molecule has 39 heavy (non-hydrogen) atoms. The van der Waals surface area contributed by atoms with Gasteiger partial charge < -0.3 is 19.5 Å². The quantitative estimate of drug-likeness (QED) is 0.413. The first-order chi connectivity index (χ1) is 18.6. The molecule has 0 spiro atoms. The Labute approximate surface area is 223 Å². The molecule has 0 radical (unpaired) electrons. The summed E-state index contributed by atoms with van der Waals surface area (Å²) in [7, 11) is 1.30. The summed E-state index contributed by atoms with van der Waals surface area (Å²) in [5.74, 6) is -2.27. The minimum Gasteiger partial charge on any atom is -0.481 e. The van der Waals surface area contributed by atoms with Gasteiger partial charge in [0.15, 0.2) is 0 Å². The SMILES string of the molecule is COC(=O)N1c2ccc3c(nc([C@H](O)c4cc(F)ccc4C(F)F)n3[C@@H]3CCC[C@@H](C(=O)O)C3)c2CC[C@@H]1C. The van der Waals surface area contributed by atoms with Crippen LogP contribution in [0.25, 0.3) is 11.0 Å². The number of carboxylic acids is 1. The van der Waals surface area contributed by atoms with Gasteiger partial charge in [0.25, 0.3) is 6.43 Å². The van der Waals surface area contributed by atoms with Crippen molar-refractivity contribution in [3.63, 3.8) is 0 Å². The maximum Gasteiger partial charge on any atom is 0.414 e. The third-order valence-corrected chi connectivity index (χ3v) is 8.04. The highest BCUT2D eigenvalue weighted by atomic mass is 19.3. The molecular formula is C28H30F3N3O5. The van der Waals surface area contributed by atoms with Gasteiger partial charge in [-0.2, -0.15) is 0 Å². The lowest BCUT2D eigenvalue weighted by Gasteiger charge is -2.34. The molecule has 208 valence electrons. The molecule has 2 aromatic carbocycles. The van der Waals surface area contributed by atoms with E-state index in [2.05, 4.69) is 0 Å². The van der Waals surface area contributed by atoms with Gasteiger partial charge in [0.1, 0.15) is 17.7 Å². The maximum absolute atomic E-state index is 14.2. The van der Waals surface area contributed by atoms with E-state index >= 15 is 0 Å². The number of carbonyl (C=O) groups is 2. The molecule has 1 saturated carbocycles. The summed E-state index contributed by atoms with van der Waals surface area (Å²) in [6.07, 6.45) is -1.99. The number of ether oxygens (including phenoxy) is 1. The Balaban J connectivity index is 1.73. The fourth-order valence-corrected chi connectivity index (χ4v) is 6.11. The van der Waals surface area contributed by atoms with Crippen molar-refractivity contribution in [3.8, 4) is 0 Å². The number of aryl methyl sites for hydroxylation is 1. The molecule has 3 aromatic rings. The highest BCUT2D eigenvalue weighted by Crippen LogP contribution is 2.43. The summed E-state index contributed by atoms with van der Waals surface area (Å²) >= 11 is 0. The molecule has 1 aliphatic heterocycles. The lowest BCUT2D eigenvalue weighted by atomic mass is 9.85. The van der Waals surface area contributed by atoms with Crippen LogP contribution in [0, 0.1) is 11.7 Å². The number of rotatable bonds is 5. The summed E-state index contributed by atoms with van der Waals surface area (Å²) in [6.45, 7) is 1.90. The van der Waals surface area contributed by atoms with Gasteiger partial charge in [-0.3, -0.25) is 9.69 Å². The minimum atomic E-state index is -2.96. The van der Waals surface area contributed by atoms with Crippen molar-refractivity contribution in [3.05, 3.63) is 58.7 Å². The van der Waals surface area contributed by atoms with Crippen molar-refractivity contribution >= 4 is 28.8 Å². The number of alkyl halides is 2. The smallest absolute Gasteiger partial charge is 0.414 e. The number of carboxylic acid groups (broad SMARTS) is 1. The van der Waals surface area contributed by atoms with Crippen LogP contribution in [-0.4, -0.2) is 45.0 Å². The number of benzene rings is 2. The molecule has 2 aliphatic rings. The van der Waals surface area contributed by atoms with Crippen LogP contribution in [0.2, 0.25) is 0 Å². The maximum atomic E-state index is 14.2. The molecule has 1 aliphatic carbocycles. The number of aliphatic hydroxyl groups excluding tert-OH is 1. The van der Waals surface area contributed by atoms with E-state index in [4.69, 9.17) is 9.72 Å². The lowest BCUT2D eigenvalue weighted by Crippen LogP contribution is -2.42. The molecule has 0 unspecified atom stereocenters. The van der Waals surface area contributed by atoms with Gasteiger partial charge in [0.2, 0.25) is 0 Å². The zero-order valence-electron chi connectivity index (χ0n) is 21.6. The number of fused-ring (bicyclic) bond motifs is 3. The summed E-state index contributed by atoms with van der Waals surface area (Å²) in [5, 5.41) is 21.2. The Bertz CT molecular complexity index is 1430. The molecule has 0 bridgehead atoms. The number of amides is 1. The second-order valence-electron chi connectivity index (χ2n) is 10.3. The molecule has 1 aromatic heterocycles. The Morgan fingerprint density at radius 2 is 1.90 bits per heavy atom. The molecule has 4 atom stereocenters. The van der Waals surface area contributed by atoms with Crippen LogP contribution in [0.1, 0.15) is 80.1 Å². The van der Waals surface area contributed by atoms with E-state index in [-0.39, 0.29) is 29.9 Å². The highest BCUT2D eigenvalue weighted by Gasteiger charge is 2.36. The number of halogens is 3. The van der Waals surface area contributed by atoms with Crippen molar-refractivity contribution in [2.75, 3.05) is 12.0 Å². The van der Waals surface area contributed by atoms with E-state index in [1.54, 1.807) is 16.7 Å². The van der Waals surface area contributed by atoms with Gasteiger partial charge in [0, 0.05) is 23.2 Å². The van der Waals surface area contributed by atoms with Crippen molar-refractivity contribution in [2.45, 2.75) is 70.1 Å². The number of aliphatic hydroxyl groups is 1. The first kappa shape index (κ1) is 27.0. The largest absolute Gasteiger partial charge is 0.481 e. The summed E-state index contributed by atoms with van der Waals surface area (Å²) in [4.78, 5) is 30.7. The minimum absolute atomic E-state index is 0.0326. The Morgan fingerprint density at radius 1 is 1.13 bits per heavy atom. The number of nitrogens with zero attached hydrogens (tertiary/aromatic N) is 3. The number of aromatic nitrogens is 2. The van der Waals surface area contributed by atoms with Crippen LogP contribution in [-0.2, 0) is 16.0 Å². The fraction of sp³-hybridized carbons (Fsp3) is 0.464. The molecular weight excluding hydrogens is 515 g/mol. The third kappa shape index (κ3) is 4.73. The zero-order chi connectivity index (χ0) is 28.0. The van der Waals surface area contributed by atoms with Crippen molar-refractivity contribution in [1.29, 1.82) is 0 Å². The van der Waals surface area contributed by atoms with E-state index < -0.39 is 41.9 Å². The molecule has 11 heteroatoms. The Hall–Kier alpha value is -3.60. The van der Waals surface area contributed by atoms with E-state index in [0.717, 1.165) is 23.8 Å². The fourth-order valence-electron chi connectivity index (χ4n) is 6.11. The van der Waals surface area contributed by atoms with E-state index in [9.17, 15) is 33.0 Å². The number of imidazole rings is 1. The molecule has 2 heterocycles. The first-order valence-corrected chi connectivity index (χ1v) is 13.0. The van der Waals surface area contributed by atoms with Gasteiger partial charge in [0.05, 0.1) is 29.7 Å². The van der Waals surface area contributed by atoms with E-state index in [1.807, 2.05) is 6.92 Å². The predicted molar refractivity (Wildman–Crippen MR) is 136 cm³/mol. The summed E-state index contributed by atoms with van der Waals surface area (Å²) in [6, 6.07) is 5.74. The van der Waals surface area contributed by atoms with E-state index in [1.165, 1.54) is 12.0 Å². The Morgan fingerprint density at radius 3 is 2.59 bits per heavy atom. The normalized spacial score (nSPS) is 22.1. The second-order valence-corrected chi connectivity index (χ2v) is 10.3. The summed E-state index contributed by atoms with van der Waals surface area (Å²) < 4.78 is 48.7. The van der Waals surface area contributed by atoms with Crippen molar-refractivity contribution in [1.82, 2.24) is 9.55 Å². The molecule has 8 nitrogen and oxygen atoms in total. The topological polar surface area (TPSA) is 105 Å². The first-order valence-electron chi connectivity index (χ1n) is 13.0. The van der Waals surface area contributed by atoms with Crippen LogP contribution in [0.15, 0.2) is 30.3 Å². The average Bonchev–Trinajstić information content (AvgIpc) is 3.31. The van der Waals surface area contributed by atoms with Gasteiger partial charge in [-0.1, -0.05) is 12.5 Å². The predicted octanol–water partition coefficient (Wildman–Crippen LogP) is 5.92. The number of hydrogen-bond acceptors (Lipinski definition) is 5. The van der Waals surface area contributed by atoms with Crippen molar-refractivity contribution < 1.29 is 37.7 Å². The second kappa shape index (κ2) is 10.5. The summed E-state index contributed by atoms with van der Waals surface area (Å²) in [5.41, 5.74) is 1.60. The lowest BCUT2D eigenvalue weighted by molar-refractivity contribution is -0.143. The van der Waals surface area contributed by atoms with Crippen molar-refractivity contribution in [2.24, 2.45) is 5.92 Å². The van der Waals surface area contributed by atoms with Gasteiger partial charge >= 0.3 is 12.1 Å². The Kier molecular flexibility index (Phi) is 7.28. The number of anilines is 1. The van der Waals surface area contributed by atoms with Crippen LogP contribution >= 0.6 is 0 Å². The zero-order valence-corrected chi connectivity index (χ0v) is 21.6. The van der Waals surface area contributed by atoms with E-state index in [0.29, 0.717) is 48.8 Å². The monoisotopic (exact) mass is 545 g/mol. The molecule has 1 amide bonds. The van der Waals surface area contributed by atoms with Gasteiger partial charge in [-0.25, -0.2) is 22.9 Å². The molecule has 1 fully saturated rings. The molecule has 0 saturated heterocycles. The number of hydrogen-bond donors (Lipinski definition) is 2. The van der Waals surface area contributed by atoms with Crippen LogP contribution in [0.4, 0.5) is 23.7 Å².